The number of hydrogen-bond acceptors (Lipinski definition) is 3. The largest absolute Gasteiger partial charge is 0.357 e. The number of hydrogen-bond donors (Lipinski definition) is 0. The van der Waals surface area contributed by atoms with Gasteiger partial charge in [-0.25, -0.2) is 4.99 Å². The van der Waals surface area contributed by atoms with E-state index in [2.05, 4.69) is 56.3 Å². The molecule has 1 aromatic carbocycles. The van der Waals surface area contributed by atoms with E-state index in [0.717, 1.165) is 10.9 Å². The fourth-order valence-electron chi connectivity index (χ4n) is 2.56. The summed E-state index contributed by atoms with van der Waals surface area (Å²) in [6.45, 7) is 2.27. The molecule has 0 bridgehead atoms. The molecular weight excluding hydrogens is 288 g/mol. The number of rotatable bonds is 7. The molecule has 0 aliphatic carbocycles. The van der Waals surface area contributed by atoms with E-state index in [1.54, 1.807) is 11.8 Å². The monoisotopic (exact) mass is 316 g/mol. The number of unbranched alkanes of at least 4 members (excludes halogenated alkanes) is 6. The Hall–Kier alpha value is -1.22. The summed E-state index contributed by atoms with van der Waals surface area (Å²) in [6, 6.07) is 8.47. The molecule has 22 heavy (non-hydrogen) atoms. The van der Waals surface area contributed by atoms with Gasteiger partial charge < -0.3 is 4.90 Å². The van der Waals surface area contributed by atoms with E-state index >= 15 is 0 Å². The van der Waals surface area contributed by atoms with Crippen LogP contribution in [0, 0.1) is 0 Å². The van der Waals surface area contributed by atoms with Crippen LogP contribution in [0.1, 0.15) is 57.4 Å². The van der Waals surface area contributed by atoms with Crippen LogP contribution in [0.2, 0.25) is 0 Å². The summed E-state index contributed by atoms with van der Waals surface area (Å²) in [5.41, 5.74) is 2.38. The van der Waals surface area contributed by atoms with Gasteiger partial charge in [-0.3, -0.25) is 0 Å². The molecule has 0 radical (unpaired) electrons. The minimum Gasteiger partial charge on any atom is -0.357 e. The molecule has 120 valence electrons. The third-order valence-corrected chi connectivity index (χ3v) is 5.10. The molecule has 0 atom stereocenters. The van der Waals surface area contributed by atoms with Crippen molar-refractivity contribution in [1.29, 1.82) is 0 Å². The summed E-state index contributed by atoms with van der Waals surface area (Å²) in [4.78, 5) is 8.20. The van der Waals surface area contributed by atoms with Crippen LogP contribution in [0.3, 0.4) is 0 Å². The highest BCUT2D eigenvalue weighted by molar-refractivity contribution is 8.21. The number of allylic oxidation sites excluding steroid dienone is 1. The first-order valence-corrected chi connectivity index (χ1v) is 9.27. The van der Waals surface area contributed by atoms with Gasteiger partial charge in [0.25, 0.3) is 0 Å². The molecular formula is C19H28N2S. The average molecular weight is 317 g/mol. The second-order valence-corrected chi connectivity index (χ2v) is 7.04. The van der Waals surface area contributed by atoms with E-state index in [-0.39, 0.29) is 0 Å². The minimum atomic E-state index is 1.08. The highest BCUT2D eigenvalue weighted by atomic mass is 32.2. The van der Waals surface area contributed by atoms with Crippen molar-refractivity contribution in [3.63, 3.8) is 0 Å². The number of benzene rings is 1. The zero-order valence-corrected chi connectivity index (χ0v) is 15.0. The molecule has 0 saturated heterocycles. The van der Waals surface area contributed by atoms with Crippen LogP contribution < -0.4 is 0 Å². The number of nitrogens with zero attached hydrogens (tertiary/aromatic N) is 2. The van der Waals surface area contributed by atoms with Crippen molar-refractivity contribution < 1.29 is 0 Å². The van der Waals surface area contributed by atoms with Crippen LogP contribution in [-0.4, -0.2) is 24.2 Å². The van der Waals surface area contributed by atoms with Gasteiger partial charge in [0.2, 0.25) is 0 Å². The smallest absolute Gasteiger partial charge is 0.168 e. The van der Waals surface area contributed by atoms with Crippen molar-refractivity contribution in [1.82, 2.24) is 4.90 Å². The zero-order chi connectivity index (χ0) is 15.8. The Morgan fingerprint density at radius 2 is 1.77 bits per heavy atom. The molecule has 1 aliphatic heterocycles. The van der Waals surface area contributed by atoms with Crippen molar-refractivity contribution in [3.05, 3.63) is 35.9 Å². The van der Waals surface area contributed by atoms with Gasteiger partial charge in [-0.15, -0.1) is 0 Å². The fourth-order valence-corrected chi connectivity index (χ4v) is 3.57. The van der Waals surface area contributed by atoms with E-state index in [4.69, 9.17) is 4.99 Å². The van der Waals surface area contributed by atoms with Crippen LogP contribution in [0.4, 0.5) is 5.69 Å². The molecule has 2 nitrogen and oxygen atoms in total. The lowest BCUT2D eigenvalue weighted by Gasteiger charge is -2.22. The molecule has 0 N–H and O–H groups in total. The Labute approximate surface area is 139 Å². The van der Waals surface area contributed by atoms with Crippen LogP contribution in [0.25, 0.3) is 4.91 Å². The van der Waals surface area contributed by atoms with Gasteiger partial charge in [-0.2, -0.15) is 0 Å². The van der Waals surface area contributed by atoms with Gasteiger partial charge in [0, 0.05) is 24.6 Å². The SMILES string of the molecule is CCCCCCCC/C=C1\SC(N(C)C)=Nc2ccccc21. The molecule has 0 amide bonds. The summed E-state index contributed by atoms with van der Waals surface area (Å²) < 4.78 is 0. The van der Waals surface area contributed by atoms with E-state index in [9.17, 15) is 0 Å². The quantitative estimate of drug-likeness (QED) is 0.567. The summed E-state index contributed by atoms with van der Waals surface area (Å²) in [6.07, 6.45) is 11.7. The molecule has 0 fully saturated rings. The molecule has 0 aromatic heterocycles. The second-order valence-electron chi connectivity index (χ2n) is 6.03. The topological polar surface area (TPSA) is 15.6 Å². The van der Waals surface area contributed by atoms with Gasteiger partial charge in [0.1, 0.15) is 0 Å². The van der Waals surface area contributed by atoms with Gasteiger partial charge in [-0.1, -0.05) is 75.1 Å². The van der Waals surface area contributed by atoms with Crippen molar-refractivity contribution in [2.24, 2.45) is 4.99 Å². The van der Waals surface area contributed by atoms with E-state index in [1.807, 2.05) is 0 Å². The predicted octanol–water partition coefficient (Wildman–Crippen LogP) is 6.07. The summed E-state index contributed by atoms with van der Waals surface area (Å²) in [5.74, 6) is 0. The number of aliphatic imine (C=N–C) groups is 1. The van der Waals surface area contributed by atoms with Crippen LogP contribution >= 0.6 is 11.8 Å². The molecule has 1 heterocycles. The maximum atomic E-state index is 4.74. The molecule has 1 aromatic rings. The van der Waals surface area contributed by atoms with Crippen molar-refractivity contribution >= 4 is 27.5 Å². The standard InChI is InChI=1S/C19H28N2S/c1-4-5-6-7-8-9-10-15-18-16-13-11-12-14-17(16)20-19(22-18)21(2)3/h11-15H,4-10H2,1-3H3/b18-15-. The molecule has 0 spiro atoms. The summed E-state index contributed by atoms with van der Waals surface area (Å²) in [5, 5.41) is 1.08. The average Bonchev–Trinajstić information content (AvgIpc) is 2.53. The minimum absolute atomic E-state index is 1.08. The second kappa shape index (κ2) is 9.04. The van der Waals surface area contributed by atoms with Crippen LogP contribution in [0.15, 0.2) is 35.3 Å². The third-order valence-electron chi connectivity index (χ3n) is 3.86. The predicted molar refractivity (Wildman–Crippen MR) is 101 cm³/mol. The Balaban J connectivity index is 1.95. The number of thioether (sulfide) groups is 1. The number of fused-ring (bicyclic) bond motifs is 1. The number of para-hydroxylation sites is 1. The maximum Gasteiger partial charge on any atom is 0.168 e. The maximum absolute atomic E-state index is 4.74. The van der Waals surface area contributed by atoms with Gasteiger partial charge in [-0.05, 0) is 18.9 Å². The third kappa shape index (κ3) is 4.91. The highest BCUT2D eigenvalue weighted by Crippen LogP contribution is 2.40. The van der Waals surface area contributed by atoms with Gasteiger partial charge in [0.15, 0.2) is 5.17 Å². The van der Waals surface area contributed by atoms with Crippen molar-refractivity contribution in [2.75, 3.05) is 14.1 Å². The lowest BCUT2D eigenvalue weighted by molar-refractivity contribution is 0.611. The first kappa shape index (κ1) is 17.1. The van der Waals surface area contributed by atoms with E-state index in [0.29, 0.717) is 0 Å². The normalized spacial score (nSPS) is 15.6. The molecule has 2 rings (SSSR count). The van der Waals surface area contributed by atoms with Gasteiger partial charge in [0.05, 0.1) is 5.69 Å². The molecule has 1 aliphatic rings. The van der Waals surface area contributed by atoms with E-state index < -0.39 is 0 Å². The lowest BCUT2D eigenvalue weighted by Crippen LogP contribution is -2.19. The summed E-state index contributed by atoms with van der Waals surface area (Å²) >= 11 is 1.79. The van der Waals surface area contributed by atoms with Gasteiger partial charge >= 0.3 is 0 Å². The van der Waals surface area contributed by atoms with Crippen molar-refractivity contribution in [3.8, 4) is 0 Å². The highest BCUT2D eigenvalue weighted by Gasteiger charge is 2.18. The Kier molecular flexibility index (Phi) is 7.04. The molecule has 0 unspecified atom stereocenters. The first-order chi connectivity index (χ1) is 10.7. The Morgan fingerprint density at radius 1 is 1.05 bits per heavy atom. The Morgan fingerprint density at radius 3 is 2.55 bits per heavy atom. The first-order valence-electron chi connectivity index (χ1n) is 8.45. The van der Waals surface area contributed by atoms with Crippen LogP contribution in [-0.2, 0) is 0 Å². The molecule has 3 heteroatoms. The lowest BCUT2D eigenvalue weighted by atomic mass is 10.1. The van der Waals surface area contributed by atoms with E-state index in [1.165, 1.54) is 55.4 Å². The molecule has 0 saturated carbocycles. The zero-order valence-electron chi connectivity index (χ0n) is 14.1. The summed E-state index contributed by atoms with van der Waals surface area (Å²) in [7, 11) is 4.12. The fraction of sp³-hybridized carbons (Fsp3) is 0.526. The van der Waals surface area contributed by atoms with Crippen molar-refractivity contribution in [2.45, 2.75) is 51.9 Å². The number of amidine groups is 1. The Bertz CT molecular complexity index is 532. The van der Waals surface area contributed by atoms with Crippen LogP contribution in [0.5, 0.6) is 0 Å².